The van der Waals surface area contributed by atoms with Gasteiger partial charge in [-0.3, -0.25) is 4.79 Å². The maximum absolute atomic E-state index is 13.0. The molecule has 1 saturated heterocycles. The highest BCUT2D eigenvalue weighted by atomic mass is 35.5. The number of halogens is 1. The first-order valence-corrected chi connectivity index (χ1v) is 12.3. The third-order valence-electron chi connectivity index (χ3n) is 5.39. The van der Waals surface area contributed by atoms with Crippen LogP contribution >= 0.6 is 11.6 Å². The van der Waals surface area contributed by atoms with E-state index >= 15 is 0 Å². The molecule has 2 aliphatic heterocycles. The predicted molar refractivity (Wildman–Crippen MR) is 120 cm³/mol. The molecule has 4 rings (SSSR count). The molecule has 1 N–H and O–H groups in total. The fraction of sp³-hybridized carbons (Fsp3) is 0.364. The van der Waals surface area contributed by atoms with Gasteiger partial charge in [0.05, 0.1) is 10.6 Å². The van der Waals surface area contributed by atoms with E-state index < -0.39 is 28.0 Å². The number of amides is 1. The second-order valence-corrected chi connectivity index (χ2v) is 10.0. The normalized spacial score (nSPS) is 16.8. The van der Waals surface area contributed by atoms with E-state index in [2.05, 4.69) is 5.32 Å². The van der Waals surface area contributed by atoms with Crippen LogP contribution in [0.25, 0.3) is 0 Å². The van der Waals surface area contributed by atoms with Gasteiger partial charge in [0.1, 0.15) is 4.90 Å². The summed E-state index contributed by atoms with van der Waals surface area (Å²) in [5.74, 6) is -0.320. The van der Waals surface area contributed by atoms with E-state index in [4.69, 9.17) is 25.8 Å². The zero-order chi connectivity index (χ0) is 23.6. The second-order valence-electron chi connectivity index (χ2n) is 7.71. The Morgan fingerprint density at radius 1 is 1.06 bits per heavy atom. The Bertz CT molecular complexity index is 1180. The van der Waals surface area contributed by atoms with Gasteiger partial charge in [0.15, 0.2) is 17.6 Å². The molecule has 0 bridgehead atoms. The Labute approximate surface area is 196 Å². The number of piperidine rings is 1. The Balaban J connectivity index is 1.44. The molecule has 33 heavy (non-hydrogen) atoms. The van der Waals surface area contributed by atoms with Gasteiger partial charge in [0.25, 0.3) is 5.91 Å². The molecule has 2 aromatic carbocycles. The van der Waals surface area contributed by atoms with Crippen LogP contribution in [0.2, 0.25) is 5.02 Å². The molecule has 0 spiro atoms. The first kappa shape index (κ1) is 23.3. The van der Waals surface area contributed by atoms with Crippen LogP contribution < -0.4 is 14.8 Å². The quantitative estimate of drug-likeness (QED) is 0.612. The van der Waals surface area contributed by atoms with Crippen molar-refractivity contribution >= 4 is 39.2 Å². The molecule has 2 aromatic rings. The minimum Gasteiger partial charge on any atom is -0.454 e. The van der Waals surface area contributed by atoms with Crippen LogP contribution in [0.15, 0.2) is 41.3 Å². The van der Waals surface area contributed by atoms with E-state index in [-0.39, 0.29) is 22.3 Å². The zero-order valence-electron chi connectivity index (χ0n) is 17.9. The zero-order valence-corrected chi connectivity index (χ0v) is 19.4. The fourth-order valence-electron chi connectivity index (χ4n) is 3.57. The summed E-state index contributed by atoms with van der Waals surface area (Å²) < 4.78 is 43.1. The maximum atomic E-state index is 13.0. The lowest BCUT2D eigenvalue weighted by atomic mass is 10.2. The SMILES string of the molecule is C[C@@H](OC(=O)c1ccc(Cl)c(S(=O)(=O)N2CCCCC2)c1)C(=O)Nc1ccc2c(c1)OCO2. The number of hydrogen-bond donors (Lipinski definition) is 1. The van der Waals surface area contributed by atoms with Gasteiger partial charge in [-0.15, -0.1) is 0 Å². The van der Waals surface area contributed by atoms with Gasteiger partial charge in [0, 0.05) is 24.8 Å². The number of ether oxygens (including phenoxy) is 3. The number of hydrogen-bond acceptors (Lipinski definition) is 7. The van der Waals surface area contributed by atoms with Crippen molar-refractivity contribution < 1.29 is 32.2 Å². The molecule has 9 nitrogen and oxygen atoms in total. The molecule has 0 aliphatic carbocycles. The first-order valence-electron chi connectivity index (χ1n) is 10.5. The maximum Gasteiger partial charge on any atom is 0.338 e. The molecule has 1 fully saturated rings. The largest absolute Gasteiger partial charge is 0.454 e. The fourth-order valence-corrected chi connectivity index (χ4v) is 5.59. The lowest BCUT2D eigenvalue weighted by Crippen LogP contribution is -2.36. The van der Waals surface area contributed by atoms with Crippen LogP contribution in [0.1, 0.15) is 36.5 Å². The topological polar surface area (TPSA) is 111 Å². The Morgan fingerprint density at radius 3 is 2.55 bits per heavy atom. The van der Waals surface area contributed by atoms with Crippen molar-refractivity contribution in [2.75, 3.05) is 25.2 Å². The van der Waals surface area contributed by atoms with Crippen LogP contribution in [-0.2, 0) is 19.6 Å². The summed E-state index contributed by atoms with van der Waals surface area (Å²) in [6.07, 6.45) is 1.38. The van der Waals surface area contributed by atoms with Gasteiger partial charge >= 0.3 is 5.97 Å². The minimum absolute atomic E-state index is 0.0160. The van der Waals surface area contributed by atoms with Gasteiger partial charge < -0.3 is 19.5 Å². The monoisotopic (exact) mass is 494 g/mol. The molecular weight excluding hydrogens is 472 g/mol. The number of carbonyl (C=O) groups excluding carboxylic acids is 2. The molecule has 0 unspecified atom stereocenters. The summed E-state index contributed by atoms with van der Waals surface area (Å²) >= 11 is 6.15. The molecule has 176 valence electrons. The van der Waals surface area contributed by atoms with Crippen molar-refractivity contribution in [3.05, 3.63) is 47.0 Å². The first-order chi connectivity index (χ1) is 15.8. The number of nitrogens with zero attached hydrogens (tertiary/aromatic N) is 1. The van der Waals surface area contributed by atoms with E-state index in [1.54, 1.807) is 18.2 Å². The number of esters is 1. The van der Waals surface area contributed by atoms with Gasteiger partial charge in [-0.1, -0.05) is 18.0 Å². The standard InChI is InChI=1S/C22H23ClN2O7S/c1-14(21(26)24-16-6-8-18-19(12-16)31-13-30-18)32-22(27)15-5-7-17(23)20(11-15)33(28,29)25-9-3-2-4-10-25/h5-8,11-12,14H,2-4,9-10,13H2,1H3,(H,24,26)/t14-/m1/s1. The van der Waals surface area contributed by atoms with Crippen molar-refractivity contribution in [1.82, 2.24) is 4.31 Å². The summed E-state index contributed by atoms with van der Waals surface area (Å²) in [5.41, 5.74) is 0.436. The highest BCUT2D eigenvalue weighted by Crippen LogP contribution is 2.34. The van der Waals surface area contributed by atoms with E-state index in [1.165, 1.54) is 29.4 Å². The van der Waals surface area contributed by atoms with Crippen molar-refractivity contribution in [2.45, 2.75) is 37.2 Å². The number of anilines is 1. The van der Waals surface area contributed by atoms with E-state index in [9.17, 15) is 18.0 Å². The van der Waals surface area contributed by atoms with Crippen LogP contribution in [0.5, 0.6) is 11.5 Å². The summed E-state index contributed by atoms with van der Waals surface area (Å²) in [6, 6.07) is 8.79. The number of nitrogens with one attached hydrogen (secondary N) is 1. The van der Waals surface area contributed by atoms with Crippen LogP contribution in [0, 0.1) is 0 Å². The summed E-state index contributed by atoms with van der Waals surface area (Å²) in [6.45, 7) is 2.34. The molecule has 1 atom stereocenters. The molecule has 0 radical (unpaired) electrons. The van der Waals surface area contributed by atoms with Gasteiger partial charge in [-0.05, 0) is 50.1 Å². The average Bonchev–Trinajstić information content (AvgIpc) is 3.27. The van der Waals surface area contributed by atoms with Gasteiger partial charge in [-0.2, -0.15) is 4.31 Å². The third kappa shape index (κ3) is 5.07. The predicted octanol–water partition coefficient (Wildman–Crippen LogP) is 3.43. The number of carbonyl (C=O) groups is 2. The number of fused-ring (bicyclic) bond motifs is 1. The third-order valence-corrected chi connectivity index (χ3v) is 7.77. The smallest absolute Gasteiger partial charge is 0.338 e. The number of benzene rings is 2. The molecule has 2 aliphatic rings. The van der Waals surface area contributed by atoms with Crippen LogP contribution in [0.4, 0.5) is 5.69 Å². The van der Waals surface area contributed by atoms with E-state index in [0.717, 1.165) is 19.3 Å². The van der Waals surface area contributed by atoms with Crippen molar-refractivity contribution in [3.8, 4) is 11.5 Å². The summed E-state index contributed by atoms with van der Waals surface area (Å²) in [4.78, 5) is 25.0. The summed E-state index contributed by atoms with van der Waals surface area (Å²) in [7, 11) is -3.85. The molecule has 11 heteroatoms. The average molecular weight is 495 g/mol. The van der Waals surface area contributed by atoms with Gasteiger partial charge in [-0.25, -0.2) is 13.2 Å². The van der Waals surface area contributed by atoms with Crippen LogP contribution in [0.3, 0.4) is 0 Å². The molecule has 2 heterocycles. The molecule has 1 amide bonds. The molecule has 0 aromatic heterocycles. The molecule has 0 saturated carbocycles. The summed E-state index contributed by atoms with van der Waals surface area (Å²) in [5, 5.41) is 2.66. The number of rotatable bonds is 6. The van der Waals surface area contributed by atoms with Crippen molar-refractivity contribution in [2.24, 2.45) is 0 Å². The lowest BCUT2D eigenvalue weighted by Gasteiger charge is -2.26. The second kappa shape index (κ2) is 9.58. The Morgan fingerprint density at radius 2 is 1.79 bits per heavy atom. The van der Waals surface area contributed by atoms with Crippen LogP contribution in [-0.4, -0.2) is 50.6 Å². The van der Waals surface area contributed by atoms with E-state index in [1.807, 2.05) is 0 Å². The Hall–Kier alpha value is -2.82. The minimum atomic E-state index is -3.85. The van der Waals surface area contributed by atoms with Crippen molar-refractivity contribution in [3.63, 3.8) is 0 Å². The van der Waals surface area contributed by atoms with E-state index in [0.29, 0.717) is 30.3 Å². The Kier molecular flexibility index (Phi) is 6.78. The highest BCUT2D eigenvalue weighted by molar-refractivity contribution is 7.89. The lowest BCUT2D eigenvalue weighted by molar-refractivity contribution is -0.123. The number of sulfonamides is 1. The van der Waals surface area contributed by atoms with Crippen molar-refractivity contribution in [1.29, 1.82) is 0 Å². The van der Waals surface area contributed by atoms with Gasteiger partial charge in [0.2, 0.25) is 16.8 Å². The molecular formula is C22H23ClN2O7S. The highest BCUT2D eigenvalue weighted by Gasteiger charge is 2.29.